The van der Waals surface area contributed by atoms with Crippen LogP contribution in [0.3, 0.4) is 0 Å². The molecular weight excluding hydrogens is 230 g/mol. The Morgan fingerprint density at radius 1 is 1.56 bits per heavy atom. The molecule has 2 saturated heterocycles. The minimum atomic E-state index is 0.0605. The van der Waals surface area contributed by atoms with Crippen LogP contribution in [0.2, 0.25) is 0 Å². The Labute approximate surface area is 107 Å². The molecule has 0 aliphatic carbocycles. The number of carbonyl (C=O) groups excluding carboxylic acids is 1. The van der Waals surface area contributed by atoms with Crippen molar-refractivity contribution in [1.82, 2.24) is 10.2 Å². The minimum Gasteiger partial charge on any atom is -0.380 e. The Morgan fingerprint density at radius 3 is 3.00 bits per heavy atom. The highest BCUT2D eigenvalue weighted by atomic mass is 16.5. The van der Waals surface area contributed by atoms with E-state index >= 15 is 0 Å². The molecule has 0 saturated carbocycles. The number of nitrogens with zero attached hydrogens (tertiary/aromatic N) is 2. The summed E-state index contributed by atoms with van der Waals surface area (Å²) in [6.07, 6.45) is 2.83. The summed E-state index contributed by atoms with van der Waals surface area (Å²) in [6, 6.07) is 0.477. The summed E-state index contributed by atoms with van der Waals surface area (Å²) in [5, 5.41) is 3.12. The molecule has 5 nitrogen and oxygen atoms in total. The third kappa shape index (κ3) is 1.92. The zero-order valence-corrected chi connectivity index (χ0v) is 10.8. The predicted molar refractivity (Wildman–Crippen MR) is 68.2 cm³/mol. The lowest BCUT2D eigenvalue weighted by molar-refractivity contribution is -0.139. The number of aliphatic imine (C=N–C) groups is 1. The Morgan fingerprint density at radius 2 is 2.33 bits per heavy atom. The van der Waals surface area contributed by atoms with Crippen molar-refractivity contribution in [2.45, 2.75) is 32.4 Å². The SMILES string of the molecule is CC1=C2C[C@H](NC(=O)C3COC3)CN2C=N[C@H]1C. The van der Waals surface area contributed by atoms with Crippen LogP contribution in [-0.2, 0) is 9.53 Å². The number of nitrogens with one attached hydrogen (secondary N) is 1. The van der Waals surface area contributed by atoms with Gasteiger partial charge in [0.05, 0.1) is 37.6 Å². The van der Waals surface area contributed by atoms with Crippen LogP contribution in [0.4, 0.5) is 0 Å². The Hall–Kier alpha value is -1.36. The maximum absolute atomic E-state index is 11.9. The predicted octanol–water partition coefficient (Wildman–Crippen LogP) is 0.528. The van der Waals surface area contributed by atoms with E-state index in [1.807, 2.05) is 6.34 Å². The van der Waals surface area contributed by atoms with Crippen LogP contribution in [0.1, 0.15) is 20.3 Å². The molecule has 3 heterocycles. The lowest BCUT2D eigenvalue weighted by Crippen LogP contribution is -2.46. The second-order valence-electron chi connectivity index (χ2n) is 5.37. The molecule has 0 aromatic heterocycles. The lowest BCUT2D eigenvalue weighted by atomic mass is 10.0. The average Bonchev–Trinajstić information content (AvgIpc) is 2.64. The molecule has 1 N–H and O–H groups in total. The highest BCUT2D eigenvalue weighted by Gasteiger charge is 2.34. The normalized spacial score (nSPS) is 31.3. The molecule has 0 radical (unpaired) electrons. The third-order valence-electron chi connectivity index (χ3n) is 4.07. The lowest BCUT2D eigenvalue weighted by Gasteiger charge is -2.26. The molecule has 2 fully saturated rings. The molecule has 18 heavy (non-hydrogen) atoms. The van der Waals surface area contributed by atoms with Crippen LogP contribution in [-0.4, -0.2) is 49.0 Å². The fourth-order valence-corrected chi connectivity index (χ4v) is 2.60. The summed E-state index contributed by atoms with van der Waals surface area (Å²) in [4.78, 5) is 18.5. The largest absolute Gasteiger partial charge is 0.380 e. The summed E-state index contributed by atoms with van der Waals surface area (Å²) in [5.74, 6) is 0.194. The van der Waals surface area contributed by atoms with Crippen LogP contribution in [0.5, 0.6) is 0 Å². The third-order valence-corrected chi connectivity index (χ3v) is 4.07. The van der Waals surface area contributed by atoms with E-state index in [-0.39, 0.29) is 23.9 Å². The van der Waals surface area contributed by atoms with Crippen LogP contribution in [0.25, 0.3) is 0 Å². The van der Waals surface area contributed by atoms with Gasteiger partial charge in [-0.3, -0.25) is 9.79 Å². The van der Waals surface area contributed by atoms with E-state index in [0.29, 0.717) is 13.2 Å². The van der Waals surface area contributed by atoms with Gasteiger partial charge in [0, 0.05) is 18.7 Å². The molecule has 3 aliphatic heterocycles. The fraction of sp³-hybridized carbons (Fsp3) is 0.692. The van der Waals surface area contributed by atoms with Crippen LogP contribution < -0.4 is 5.32 Å². The van der Waals surface area contributed by atoms with Crippen molar-refractivity contribution < 1.29 is 9.53 Å². The van der Waals surface area contributed by atoms with Gasteiger partial charge in [0.1, 0.15) is 0 Å². The van der Waals surface area contributed by atoms with E-state index in [1.54, 1.807) is 0 Å². The van der Waals surface area contributed by atoms with Gasteiger partial charge in [-0.25, -0.2) is 0 Å². The zero-order chi connectivity index (χ0) is 12.7. The Kier molecular flexibility index (Phi) is 2.86. The van der Waals surface area contributed by atoms with Crippen molar-refractivity contribution in [3.05, 3.63) is 11.3 Å². The van der Waals surface area contributed by atoms with E-state index in [4.69, 9.17) is 4.74 Å². The van der Waals surface area contributed by atoms with Gasteiger partial charge >= 0.3 is 0 Å². The summed E-state index contributed by atoms with van der Waals surface area (Å²) in [6.45, 7) is 6.22. The molecule has 0 aromatic rings. The maximum atomic E-state index is 11.9. The molecule has 0 aromatic carbocycles. The first kappa shape index (κ1) is 11.7. The quantitative estimate of drug-likeness (QED) is 0.776. The first-order chi connectivity index (χ1) is 8.65. The number of ether oxygens (including phenoxy) is 1. The van der Waals surface area contributed by atoms with Gasteiger partial charge in [-0.2, -0.15) is 0 Å². The second-order valence-corrected chi connectivity index (χ2v) is 5.37. The Bertz CT molecular complexity index is 426. The highest BCUT2D eigenvalue weighted by molar-refractivity contribution is 5.80. The van der Waals surface area contributed by atoms with E-state index < -0.39 is 0 Å². The van der Waals surface area contributed by atoms with Crippen molar-refractivity contribution >= 4 is 12.2 Å². The second kappa shape index (κ2) is 4.39. The van der Waals surface area contributed by atoms with E-state index in [9.17, 15) is 4.79 Å². The first-order valence-electron chi connectivity index (χ1n) is 6.53. The van der Waals surface area contributed by atoms with Gasteiger partial charge < -0.3 is 15.0 Å². The average molecular weight is 249 g/mol. The summed E-state index contributed by atoms with van der Waals surface area (Å²) >= 11 is 0. The van der Waals surface area contributed by atoms with E-state index in [1.165, 1.54) is 11.3 Å². The molecule has 0 spiro atoms. The molecule has 0 unspecified atom stereocenters. The summed E-state index contributed by atoms with van der Waals surface area (Å²) in [7, 11) is 0. The molecule has 3 aliphatic rings. The monoisotopic (exact) mass is 249 g/mol. The van der Waals surface area contributed by atoms with E-state index in [0.717, 1.165) is 13.0 Å². The van der Waals surface area contributed by atoms with Crippen molar-refractivity contribution in [3.8, 4) is 0 Å². The molecule has 1 amide bonds. The Balaban J connectivity index is 1.64. The number of carbonyl (C=O) groups is 1. The van der Waals surface area contributed by atoms with Gasteiger partial charge in [-0.05, 0) is 19.4 Å². The number of hydrogen-bond acceptors (Lipinski definition) is 4. The standard InChI is InChI=1S/C13H19N3O2/c1-8-9(2)14-7-16-4-11(3-12(8)16)15-13(17)10-5-18-6-10/h7,9-11H,3-6H2,1-2H3,(H,15,17)/t9-,11-/m0/s1. The zero-order valence-electron chi connectivity index (χ0n) is 10.8. The van der Waals surface area contributed by atoms with Crippen LogP contribution >= 0.6 is 0 Å². The van der Waals surface area contributed by atoms with Crippen molar-refractivity contribution in [1.29, 1.82) is 0 Å². The molecule has 2 atom stereocenters. The highest BCUT2D eigenvalue weighted by Crippen LogP contribution is 2.29. The molecule has 3 rings (SSSR count). The fourth-order valence-electron chi connectivity index (χ4n) is 2.60. The molecule has 5 heteroatoms. The topological polar surface area (TPSA) is 53.9 Å². The van der Waals surface area contributed by atoms with Gasteiger partial charge in [0.15, 0.2) is 0 Å². The summed E-state index contributed by atoms with van der Waals surface area (Å²) < 4.78 is 5.04. The minimum absolute atomic E-state index is 0.0605. The van der Waals surface area contributed by atoms with Crippen molar-refractivity contribution in [2.75, 3.05) is 19.8 Å². The summed E-state index contributed by atoms with van der Waals surface area (Å²) in [5.41, 5.74) is 2.65. The van der Waals surface area contributed by atoms with Gasteiger partial charge in [0.25, 0.3) is 0 Å². The smallest absolute Gasteiger partial charge is 0.228 e. The molecule has 98 valence electrons. The molecular formula is C13H19N3O2. The first-order valence-corrected chi connectivity index (χ1v) is 6.53. The molecule has 0 bridgehead atoms. The van der Waals surface area contributed by atoms with Crippen LogP contribution in [0.15, 0.2) is 16.3 Å². The van der Waals surface area contributed by atoms with Gasteiger partial charge in [0.2, 0.25) is 5.91 Å². The number of fused-ring (bicyclic) bond motifs is 1. The van der Waals surface area contributed by atoms with E-state index in [2.05, 4.69) is 29.1 Å². The van der Waals surface area contributed by atoms with Gasteiger partial charge in [-0.1, -0.05) is 0 Å². The number of hydrogen-bond donors (Lipinski definition) is 1. The number of amides is 1. The van der Waals surface area contributed by atoms with Crippen LogP contribution in [0, 0.1) is 5.92 Å². The van der Waals surface area contributed by atoms with Crippen molar-refractivity contribution in [3.63, 3.8) is 0 Å². The van der Waals surface area contributed by atoms with Crippen molar-refractivity contribution in [2.24, 2.45) is 10.9 Å². The van der Waals surface area contributed by atoms with Gasteiger partial charge in [-0.15, -0.1) is 0 Å². The maximum Gasteiger partial charge on any atom is 0.228 e. The number of rotatable bonds is 2.